The molecule has 1 saturated carbocycles. The highest BCUT2D eigenvalue weighted by Crippen LogP contribution is 2.30. The number of benzene rings is 1. The van der Waals surface area contributed by atoms with E-state index in [4.69, 9.17) is 9.47 Å². The van der Waals surface area contributed by atoms with E-state index in [9.17, 15) is 14.4 Å². The van der Waals surface area contributed by atoms with Gasteiger partial charge in [-0.3, -0.25) is 19.3 Å². The molecule has 0 radical (unpaired) electrons. The second kappa shape index (κ2) is 11.7. The molecule has 0 bridgehead atoms. The summed E-state index contributed by atoms with van der Waals surface area (Å²) in [6.45, 7) is 3.95. The summed E-state index contributed by atoms with van der Waals surface area (Å²) in [5.41, 5.74) is 0.677. The molecule has 1 aliphatic carbocycles. The van der Waals surface area contributed by atoms with Gasteiger partial charge in [0.05, 0.1) is 6.54 Å². The first-order valence-electron chi connectivity index (χ1n) is 10.8. The lowest BCUT2D eigenvalue weighted by Gasteiger charge is -2.34. The fourth-order valence-electron chi connectivity index (χ4n) is 3.35. The van der Waals surface area contributed by atoms with Crippen molar-refractivity contribution >= 4 is 23.4 Å². The lowest BCUT2D eigenvalue weighted by Crippen LogP contribution is -2.52. The molecular weight excluding hydrogens is 400 g/mol. The van der Waals surface area contributed by atoms with Gasteiger partial charge in [-0.1, -0.05) is 6.07 Å². The van der Waals surface area contributed by atoms with Crippen molar-refractivity contribution in [2.45, 2.75) is 19.3 Å². The van der Waals surface area contributed by atoms with E-state index in [-0.39, 0.29) is 30.2 Å². The van der Waals surface area contributed by atoms with Gasteiger partial charge < -0.3 is 25.0 Å². The van der Waals surface area contributed by atoms with Gasteiger partial charge in [0, 0.05) is 64.1 Å². The smallest absolute Gasteiger partial charge is 0.260 e. The van der Waals surface area contributed by atoms with E-state index in [1.807, 2.05) is 11.0 Å². The Labute approximate surface area is 183 Å². The van der Waals surface area contributed by atoms with Gasteiger partial charge in [0.2, 0.25) is 11.8 Å². The first kappa shape index (κ1) is 23.0. The number of piperazine rings is 1. The fraction of sp³-hybridized carbons (Fsp3) is 0.591. The molecule has 2 aliphatic rings. The monoisotopic (exact) mass is 432 g/mol. The van der Waals surface area contributed by atoms with Crippen LogP contribution in [0.5, 0.6) is 5.75 Å². The Bertz CT molecular complexity index is 760. The molecule has 0 aromatic heterocycles. The summed E-state index contributed by atoms with van der Waals surface area (Å²) >= 11 is 0. The largest absolute Gasteiger partial charge is 0.484 e. The summed E-state index contributed by atoms with van der Waals surface area (Å²) in [7, 11) is 1.64. The predicted molar refractivity (Wildman–Crippen MR) is 116 cm³/mol. The number of nitrogens with one attached hydrogen (secondary N) is 2. The van der Waals surface area contributed by atoms with Crippen LogP contribution in [0.25, 0.3) is 0 Å². The molecule has 1 heterocycles. The maximum atomic E-state index is 12.5. The van der Waals surface area contributed by atoms with E-state index in [1.165, 1.54) is 0 Å². The minimum absolute atomic E-state index is 0.00660. The molecule has 9 heteroatoms. The van der Waals surface area contributed by atoms with Gasteiger partial charge >= 0.3 is 0 Å². The number of rotatable bonds is 11. The van der Waals surface area contributed by atoms with Gasteiger partial charge in [0.1, 0.15) is 5.75 Å². The van der Waals surface area contributed by atoms with Gasteiger partial charge in [-0.2, -0.15) is 0 Å². The third-order valence-electron chi connectivity index (χ3n) is 5.35. The third-order valence-corrected chi connectivity index (χ3v) is 5.35. The molecule has 0 spiro atoms. The predicted octanol–water partition coefficient (Wildman–Crippen LogP) is 0.711. The molecular formula is C22H32N4O5. The lowest BCUT2D eigenvalue weighted by atomic mass is 10.3. The minimum Gasteiger partial charge on any atom is -0.484 e. The van der Waals surface area contributed by atoms with E-state index >= 15 is 0 Å². The molecule has 3 rings (SSSR count). The average Bonchev–Trinajstić information content (AvgIpc) is 3.61. The van der Waals surface area contributed by atoms with E-state index in [0.717, 1.165) is 19.3 Å². The van der Waals surface area contributed by atoms with Crippen molar-refractivity contribution in [2.75, 3.05) is 64.9 Å². The number of hydrogen-bond acceptors (Lipinski definition) is 6. The summed E-state index contributed by atoms with van der Waals surface area (Å²) in [4.78, 5) is 40.1. The Hall–Kier alpha value is -2.65. The van der Waals surface area contributed by atoms with Crippen molar-refractivity contribution < 1.29 is 23.9 Å². The fourth-order valence-corrected chi connectivity index (χ4v) is 3.35. The summed E-state index contributed by atoms with van der Waals surface area (Å²) in [5.74, 6) is 0.621. The Balaban J connectivity index is 1.34. The summed E-state index contributed by atoms with van der Waals surface area (Å²) in [5, 5.41) is 5.75. The van der Waals surface area contributed by atoms with Crippen LogP contribution in [0.1, 0.15) is 19.3 Å². The SMILES string of the molecule is COCCCNC(=O)CN1CCN(C(=O)COc2cccc(NC(=O)C3CC3)c2)CC1. The number of methoxy groups -OCH3 is 1. The molecule has 1 aromatic rings. The topological polar surface area (TPSA) is 100 Å². The van der Waals surface area contributed by atoms with Gasteiger partial charge in [-0.05, 0) is 31.4 Å². The third kappa shape index (κ3) is 7.84. The van der Waals surface area contributed by atoms with Crippen LogP contribution in [0, 0.1) is 5.92 Å². The molecule has 1 aliphatic heterocycles. The summed E-state index contributed by atoms with van der Waals surface area (Å²) in [6, 6.07) is 7.10. The van der Waals surface area contributed by atoms with Crippen molar-refractivity contribution in [1.82, 2.24) is 15.1 Å². The van der Waals surface area contributed by atoms with Crippen LogP contribution in [0.15, 0.2) is 24.3 Å². The second-order valence-electron chi connectivity index (χ2n) is 7.93. The molecule has 0 unspecified atom stereocenters. The lowest BCUT2D eigenvalue weighted by molar-refractivity contribution is -0.135. The highest BCUT2D eigenvalue weighted by molar-refractivity contribution is 5.94. The Morgan fingerprint density at radius 3 is 2.61 bits per heavy atom. The number of anilines is 1. The highest BCUT2D eigenvalue weighted by Gasteiger charge is 2.29. The molecule has 1 saturated heterocycles. The first-order chi connectivity index (χ1) is 15.0. The molecule has 31 heavy (non-hydrogen) atoms. The zero-order chi connectivity index (χ0) is 22.1. The van der Waals surface area contributed by atoms with Crippen molar-refractivity contribution in [2.24, 2.45) is 5.92 Å². The van der Waals surface area contributed by atoms with Gasteiger partial charge in [0.25, 0.3) is 5.91 Å². The van der Waals surface area contributed by atoms with E-state index in [0.29, 0.717) is 57.3 Å². The standard InChI is InChI=1S/C22H32N4O5/c1-30-13-3-8-23-20(27)15-25-9-11-26(12-10-25)21(28)16-31-19-5-2-4-18(14-19)24-22(29)17-6-7-17/h2,4-5,14,17H,3,6-13,15-16H2,1H3,(H,23,27)(H,24,29). The second-order valence-corrected chi connectivity index (χ2v) is 7.93. The van der Waals surface area contributed by atoms with Crippen LogP contribution in [0.3, 0.4) is 0 Å². The quantitative estimate of drug-likeness (QED) is 0.500. The molecule has 9 nitrogen and oxygen atoms in total. The normalized spacial score (nSPS) is 16.6. The molecule has 0 atom stereocenters. The Morgan fingerprint density at radius 2 is 1.90 bits per heavy atom. The maximum Gasteiger partial charge on any atom is 0.260 e. The number of carbonyl (C=O) groups is 3. The van der Waals surface area contributed by atoms with Crippen molar-refractivity contribution in [1.29, 1.82) is 0 Å². The highest BCUT2D eigenvalue weighted by atomic mass is 16.5. The van der Waals surface area contributed by atoms with Crippen LogP contribution in [-0.2, 0) is 19.1 Å². The van der Waals surface area contributed by atoms with Crippen LogP contribution >= 0.6 is 0 Å². The van der Waals surface area contributed by atoms with Crippen LogP contribution in [0.2, 0.25) is 0 Å². The molecule has 2 fully saturated rings. The molecule has 3 amide bonds. The summed E-state index contributed by atoms with van der Waals surface area (Å²) in [6.07, 6.45) is 2.69. The number of amides is 3. The van der Waals surface area contributed by atoms with Crippen molar-refractivity contribution in [3.63, 3.8) is 0 Å². The van der Waals surface area contributed by atoms with Gasteiger partial charge in [0.15, 0.2) is 6.61 Å². The summed E-state index contributed by atoms with van der Waals surface area (Å²) < 4.78 is 10.6. The van der Waals surface area contributed by atoms with Gasteiger partial charge in [-0.25, -0.2) is 0 Å². The van der Waals surface area contributed by atoms with Crippen LogP contribution in [-0.4, -0.2) is 87.1 Å². The van der Waals surface area contributed by atoms with Crippen molar-refractivity contribution in [3.05, 3.63) is 24.3 Å². The number of ether oxygens (including phenoxy) is 2. The Morgan fingerprint density at radius 1 is 1.13 bits per heavy atom. The van der Waals surface area contributed by atoms with Crippen LogP contribution in [0.4, 0.5) is 5.69 Å². The Kier molecular flexibility index (Phi) is 8.66. The van der Waals surface area contributed by atoms with Crippen molar-refractivity contribution in [3.8, 4) is 5.75 Å². The minimum atomic E-state index is -0.0870. The number of carbonyl (C=O) groups excluding carboxylic acids is 3. The van der Waals surface area contributed by atoms with E-state index in [1.54, 1.807) is 30.2 Å². The molecule has 1 aromatic carbocycles. The zero-order valence-electron chi connectivity index (χ0n) is 18.1. The molecule has 170 valence electrons. The van der Waals surface area contributed by atoms with E-state index in [2.05, 4.69) is 10.6 Å². The zero-order valence-corrected chi connectivity index (χ0v) is 18.1. The first-order valence-corrected chi connectivity index (χ1v) is 10.8. The number of nitrogens with zero attached hydrogens (tertiary/aromatic N) is 2. The number of hydrogen-bond donors (Lipinski definition) is 2. The van der Waals surface area contributed by atoms with Gasteiger partial charge in [-0.15, -0.1) is 0 Å². The van der Waals surface area contributed by atoms with E-state index < -0.39 is 0 Å². The average molecular weight is 433 g/mol. The maximum absolute atomic E-state index is 12.5. The molecule has 2 N–H and O–H groups in total. The van der Waals surface area contributed by atoms with Crippen LogP contribution < -0.4 is 15.4 Å².